The number of halogens is 2. The highest BCUT2D eigenvalue weighted by Crippen LogP contribution is 2.33. The number of carbonyl (C=O) groups excluding carboxylic acids is 1. The fourth-order valence-electron chi connectivity index (χ4n) is 4.14. The van der Waals surface area contributed by atoms with Gasteiger partial charge in [0.25, 0.3) is 5.91 Å². The molecule has 1 saturated heterocycles. The second kappa shape index (κ2) is 9.48. The number of aromatic nitrogens is 1. The van der Waals surface area contributed by atoms with Gasteiger partial charge in [0.05, 0.1) is 11.3 Å². The Morgan fingerprint density at radius 2 is 1.81 bits per heavy atom. The summed E-state index contributed by atoms with van der Waals surface area (Å²) < 4.78 is 13.2. The highest BCUT2D eigenvalue weighted by molar-refractivity contribution is 6.30. The number of rotatable bonds is 5. The third-order valence-corrected chi connectivity index (χ3v) is 6.20. The molecule has 3 aromatic rings. The van der Waals surface area contributed by atoms with Gasteiger partial charge in [-0.15, -0.1) is 0 Å². The molecule has 0 unspecified atom stereocenters. The monoisotopic (exact) mass is 437 g/mol. The molecule has 2 aromatic carbocycles. The predicted octanol–water partition coefficient (Wildman–Crippen LogP) is 6.20. The van der Waals surface area contributed by atoms with Crippen molar-refractivity contribution in [2.75, 3.05) is 18.4 Å². The first-order valence-corrected chi connectivity index (χ1v) is 11.0. The van der Waals surface area contributed by atoms with Gasteiger partial charge in [0, 0.05) is 30.5 Å². The number of likely N-dealkylation sites (tertiary alicyclic amines) is 1. The lowest BCUT2D eigenvalue weighted by Crippen LogP contribution is -2.38. The quantitative estimate of drug-likeness (QED) is 0.483. The second-order valence-corrected chi connectivity index (χ2v) is 8.14. The van der Waals surface area contributed by atoms with Crippen molar-refractivity contribution >= 4 is 28.9 Å². The lowest BCUT2D eigenvalue weighted by atomic mass is 9.89. The van der Waals surface area contributed by atoms with Gasteiger partial charge in [0.2, 0.25) is 0 Å². The van der Waals surface area contributed by atoms with E-state index in [9.17, 15) is 9.18 Å². The minimum absolute atomic E-state index is 0.0464. The third-order valence-electron chi connectivity index (χ3n) is 5.88. The van der Waals surface area contributed by atoms with E-state index in [1.807, 2.05) is 54.3 Å². The third kappa shape index (κ3) is 4.72. The molecule has 160 valence electrons. The van der Waals surface area contributed by atoms with Crippen molar-refractivity contribution in [1.29, 1.82) is 0 Å². The molecule has 2 heterocycles. The first-order chi connectivity index (χ1) is 15.1. The first-order valence-electron chi connectivity index (χ1n) is 10.6. The average Bonchev–Trinajstić information content (AvgIpc) is 2.80. The van der Waals surface area contributed by atoms with Gasteiger partial charge in [0.1, 0.15) is 11.0 Å². The summed E-state index contributed by atoms with van der Waals surface area (Å²) in [6, 6.07) is 16.4. The highest BCUT2D eigenvalue weighted by atomic mass is 35.5. The van der Waals surface area contributed by atoms with Gasteiger partial charge in [-0.1, -0.05) is 48.9 Å². The Kier molecular flexibility index (Phi) is 6.52. The molecular weight excluding hydrogens is 413 g/mol. The summed E-state index contributed by atoms with van der Waals surface area (Å²) in [5.41, 5.74) is 4.10. The topological polar surface area (TPSA) is 45.2 Å². The molecule has 1 fully saturated rings. The zero-order valence-electron chi connectivity index (χ0n) is 17.4. The van der Waals surface area contributed by atoms with Gasteiger partial charge in [-0.05, 0) is 55.0 Å². The lowest BCUT2D eigenvalue weighted by Gasteiger charge is -2.33. The van der Waals surface area contributed by atoms with E-state index in [-0.39, 0.29) is 11.7 Å². The smallest absolute Gasteiger partial charge is 0.257 e. The van der Waals surface area contributed by atoms with E-state index in [4.69, 9.17) is 11.6 Å². The summed E-state index contributed by atoms with van der Waals surface area (Å²) in [5, 5.41) is 3.80. The molecule has 6 heteroatoms. The molecule has 1 aliphatic rings. The van der Waals surface area contributed by atoms with Crippen LogP contribution in [0.1, 0.15) is 47.2 Å². The van der Waals surface area contributed by atoms with Crippen LogP contribution >= 0.6 is 11.6 Å². The number of carbonyl (C=O) groups is 1. The van der Waals surface area contributed by atoms with E-state index in [0.29, 0.717) is 36.1 Å². The van der Waals surface area contributed by atoms with E-state index in [2.05, 4.69) is 10.3 Å². The molecule has 1 aliphatic heterocycles. The molecule has 1 amide bonds. The zero-order chi connectivity index (χ0) is 21.8. The molecule has 0 atom stereocenters. The summed E-state index contributed by atoms with van der Waals surface area (Å²) in [5.74, 6) is 0.0627. The summed E-state index contributed by atoms with van der Waals surface area (Å²) in [7, 11) is 0. The van der Waals surface area contributed by atoms with Gasteiger partial charge in [-0.25, -0.2) is 9.37 Å². The van der Waals surface area contributed by atoms with Crippen molar-refractivity contribution < 1.29 is 9.18 Å². The van der Waals surface area contributed by atoms with Gasteiger partial charge < -0.3 is 10.2 Å². The van der Waals surface area contributed by atoms with Crippen LogP contribution in [0.15, 0.2) is 60.8 Å². The number of hydrogen-bond acceptors (Lipinski definition) is 3. The number of amides is 1. The summed E-state index contributed by atoms with van der Waals surface area (Å²) in [6.07, 6.45) is 3.93. The Bertz CT molecular complexity index is 1050. The van der Waals surface area contributed by atoms with Crippen molar-refractivity contribution in [3.05, 3.63) is 88.5 Å². The molecular formula is C25H25ClFN3O. The van der Waals surface area contributed by atoms with E-state index < -0.39 is 0 Å². The Morgan fingerprint density at radius 1 is 1.13 bits per heavy atom. The summed E-state index contributed by atoms with van der Waals surface area (Å²) in [6.45, 7) is 3.30. The molecule has 4 nitrogen and oxygen atoms in total. The van der Waals surface area contributed by atoms with Crippen LogP contribution in [0.3, 0.4) is 0 Å². The van der Waals surface area contributed by atoms with Crippen LogP contribution < -0.4 is 5.32 Å². The van der Waals surface area contributed by atoms with Crippen LogP contribution in [0.25, 0.3) is 0 Å². The molecule has 0 aliphatic carbocycles. The Hall–Kier alpha value is -2.92. The van der Waals surface area contributed by atoms with Crippen LogP contribution in [-0.2, 0) is 6.42 Å². The van der Waals surface area contributed by atoms with E-state index in [1.165, 1.54) is 12.1 Å². The van der Waals surface area contributed by atoms with Crippen molar-refractivity contribution in [3.63, 3.8) is 0 Å². The Balaban J connectivity index is 1.55. The molecule has 4 rings (SSSR count). The van der Waals surface area contributed by atoms with Crippen molar-refractivity contribution in [2.45, 2.75) is 32.1 Å². The maximum atomic E-state index is 13.4. The van der Waals surface area contributed by atoms with Crippen LogP contribution in [0.5, 0.6) is 0 Å². The van der Waals surface area contributed by atoms with Crippen molar-refractivity contribution in [3.8, 4) is 0 Å². The first kappa shape index (κ1) is 21.3. The predicted molar refractivity (Wildman–Crippen MR) is 123 cm³/mol. The second-order valence-electron chi connectivity index (χ2n) is 7.78. The van der Waals surface area contributed by atoms with Gasteiger partial charge >= 0.3 is 0 Å². The van der Waals surface area contributed by atoms with Crippen LogP contribution in [-0.4, -0.2) is 28.9 Å². The van der Waals surface area contributed by atoms with Gasteiger partial charge in [0.15, 0.2) is 0 Å². The number of hydrogen-bond donors (Lipinski definition) is 1. The van der Waals surface area contributed by atoms with Crippen LogP contribution in [0.4, 0.5) is 15.8 Å². The minimum Gasteiger partial charge on any atom is -0.355 e. The van der Waals surface area contributed by atoms with Crippen LogP contribution in [0, 0.1) is 5.82 Å². The van der Waals surface area contributed by atoms with E-state index in [0.717, 1.165) is 35.3 Å². The number of pyridine rings is 1. The minimum atomic E-state index is -0.225. The molecule has 1 aromatic heterocycles. The zero-order valence-corrected chi connectivity index (χ0v) is 18.2. The number of piperidine rings is 1. The maximum absolute atomic E-state index is 13.4. The molecule has 31 heavy (non-hydrogen) atoms. The Morgan fingerprint density at radius 3 is 2.45 bits per heavy atom. The summed E-state index contributed by atoms with van der Waals surface area (Å²) >= 11 is 6.35. The average molecular weight is 438 g/mol. The number of nitrogens with zero attached hydrogens (tertiary/aromatic N) is 2. The van der Waals surface area contributed by atoms with Crippen molar-refractivity contribution in [1.82, 2.24) is 9.88 Å². The summed E-state index contributed by atoms with van der Waals surface area (Å²) in [4.78, 5) is 19.6. The van der Waals surface area contributed by atoms with E-state index in [1.54, 1.807) is 6.20 Å². The molecule has 0 bridgehead atoms. The Labute approximate surface area is 187 Å². The fourth-order valence-corrected chi connectivity index (χ4v) is 4.42. The standard InChI is InChI=1S/C25H25ClFN3O/c1-2-21-23(29-20-6-4-3-5-7-20)22(16-28-24(21)26)25(31)30-14-12-18(13-15-30)17-8-10-19(27)11-9-17/h3-11,16,18H,2,12-15H2,1H3,(H,28,29). The molecule has 0 saturated carbocycles. The van der Waals surface area contributed by atoms with Gasteiger partial charge in [-0.2, -0.15) is 0 Å². The normalized spacial score (nSPS) is 14.5. The maximum Gasteiger partial charge on any atom is 0.257 e. The van der Waals surface area contributed by atoms with Gasteiger partial charge in [-0.3, -0.25) is 4.79 Å². The number of benzene rings is 2. The largest absolute Gasteiger partial charge is 0.355 e. The fraction of sp³-hybridized carbons (Fsp3) is 0.280. The molecule has 1 N–H and O–H groups in total. The SMILES string of the molecule is CCc1c(Cl)ncc(C(=O)N2CCC(c3ccc(F)cc3)CC2)c1Nc1ccccc1. The molecule has 0 radical (unpaired) electrons. The van der Waals surface area contributed by atoms with Crippen molar-refractivity contribution in [2.24, 2.45) is 0 Å². The lowest BCUT2D eigenvalue weighted by molar-refractivity contribution is 0.0713. The van der Waals surface area contributed by atoms with Crippen LogP contribution in [0.2, 0.25) is 5.15 Å². The molecule has 0 spiro atoms. The van der Waals surface area contributed by atoms with E-state index >= 15 is 0 Å². The highest BCUT2D eigenvalue weighted by Gasteiger charge is 2.27. The number of anilines is 2. The number of nitrogens with one attached hydrogen (secondary N) is 1. The number of para-hydroxylation sites is 1.